The van der Waals surface area contributed by atoms with E-state index in [0.717, 1.165) is 31.6 Å². The Hall–Kier alpha value is -1.70. The SMILES string of the molecule is COc1c(Cl)cc(-c2n[nH]c(=O)o2)cc1N[C@@H](C)C1CCNCC1.Cl. The Bertz CT molecular complexity index is 756. The molecule has 1 saturated heterocycles. The molecule has 25 heavy (non-hydrogen) atoms. The lowest BCUT2D eigenvalue weighted by Gasteiger charge is -2.30. The van der Waals surface area contributed by atoms with E-state index in [-0.39, 0.29) is 24.3 Å². The van der Waals surface area contributed by atoms with Crippen LogP contribution in [0.15, 0.2) is 21.3 Å². The lowest BCUT2D eigenvalue weighted by Crippen LogP contribution is -2.36. The Labute approximate surface area is 156 Å². The van der Waals surface area contributed by atoms with Gasteiger partial charge < -0.3 is 19.8 Å². The molecule has 0 bridgehead atoms. The number of piperidine rings is 1. The van der Waals surface area contributed by atoms with Crippen LogP contribution in [0.4, 0.5) is 5.69 Å². The maximum Gasteiger partial charge on any atom is 0.434 e. The quantitative estimate of drug-likeness (QED) is 0.728. The number of nitrogens with zero attached hydrogens (tertiary/aromatic N) is 1. The zero-order chi connectivity index (χ0) is 17.1. The molecule has 7 nitrogen and oxygen atoms in total. The van der Waals surface area contributed by atoms with Crippen LogP contribution >= 0.6 is 24.0 Å². The van der Waals surface area contributed by atoms with Gasteiger partial charge in [-0.15, -0.1) is 17.5 Å². The lowest BCUT2D eigenvalue weighted by molar-refractivity contribution is 0.342. The molecule has 138 valence electrons. The lowest BCUT2D eigenvalue weighted by atomic mass is 9.91. The van der Waals surface area contributed by atoms with E-state index in [1.54, 1.807) is 13.2 Å². The summed E-state index contributed by atoms with van der Waals surface area (Å²) in [4.78, 5) is 11.2. The van der Waals surface area contributed by atoms with Gasteiger partial charge in [0.2, 0.25) is 5.89 Å². The molecular weight excluding hydrogens is 367 g/mol. The van der Waals surface area contributed by atoms with Crippen LogP contribution in [0, 0.1) is 5.92 Å². The minimum atomic E-state index is -0.602. The first-order chi connectivity index (χ1) is 11.6. The van der Waals surface area contributed by atoms with E-state index in [1.807, 2.05) is 6.07 Å². The molecule has 2 heterocycles. The van der Waals surface area contributed by atoms with Crippen molar-refractivity contribution in [2.24, 2.45) is 5.92 Å². The average molecular weight is 389 g/mol. The van der Waals surface area contributed by atoms with Gasteiger partial charge in [-0.05, 0) is 50.9 Å². The van der Waals surface area contributed by atoms with Crippen molar-refractivity contribution in [3.8, 4) is 17.2 Å². The molecule has 9 heteroatoms. The number of methoxy groups -OCH3 is 1. The molecule has 0 unspecified atom stereocenters. The van der Waals surface area contributed by atoms with E-state index in [2.05, 4.69) is 27.8 Å². The fraction of sp³-hybridized carbons (Fsp3) is 0.500. The highest BCUT2D eigenvalue weighted by atomic mass is 35.5. The van der Waals surface area contributed by atoms with Crippen molar-refractivity contribution in [3.05, 3.63) is 27.7 Å². The topological polar surface area (TPSA) is 92.2 Å². The monoisotopic (exact) mass is 388 g/mol. The molecule has 1 aromatic carbocycles. The predicted molar refractivity (Wildman–Crippen MR) is 100 cm³/mol. The number of H-pyrrole nitrogens is 1. The van der Waals surface area contributed by atoms with Crippen molar-refractivity contribution in [1.82, 2.24) is 15.5 Å². The number of anilines is 1. The molecule has 0 saturated carbocycles. The van der Waals surface area contributed by atoms with E-state index in [0.29, 0.717) is 22.3 Å². The van der Waals surface area contributed by atoms with Crippen molar-refractivity contribution in [2.75, 3.05) is 25.5 Å². The number of aromatic nitrogens is 2. The van der Waals surface area contributed by atoms with Crippen molar-refractivity contribution < 1.29 is 9.15 Å². The molecule has 0 aliphatic carbocycles. The summed E-state index contributed by atoms with van der Waals surface area (Å²) in [6.45, 7) is 4.23. The molecule has 1 fully saturated rings. The van der Waals surface area contributed by atoms with Crippen molar-refractivity contribution in [1.29, 1.82) is 0 Å². The van der Waals surface area contributed by atoms with Gasteiger partial charge in [0.1, 0.15) is 0 Å². The highest BCUT2D eigenvalue weighted by Crippen LogP contribution is 2.38. The van der Waals surface area contributed by atoms with Gasteiger partial charge in [0.15, 0.2) is 5.75 Å². The summed E-state index contributed by atoms with van der Waals surface area (Å²) in [6, 6.07) is 3.76. The van der Waals surface area contributed by atoms with E-state index >= 15 is 0 Å². The molecule has 1 aromatic heterocycles. The van der Waals surface area contributed by atoms with Gasteiger partial charge in [-0.25, -0.2) is 9.89 Å². The van der Waals surface area contributed by atoms with Gasteiger partial charge in [-0.3, -0.25) is 0 Å². The second-order valence-electron chi connectivity index (χ2n) is 5.98. The summed E-state index contributed by atoms with van der Waals surface area (Å²) in [5, 5.41) is 13.4. The largest absolute Gasteiger partial charge is 0.493 e. The minimum absolute atomic E-state index is 0. The van der Waals surface area contributed by atoms with E-state index in [4.69, 9.17) is 20.8 Å². The number of rotatable bonds is 5. The van der Waals surface area contributed by atoms with E-state index < -0.39 is 5.76 Å². The fourth-order valence-electron chi connectivity index (χ4n) is 3.09. The molecule has 2 aromatic rings. The van der Waals surface area contributed by atoms with Crippen molar-refractivity contribution >= 4 is 29.7 Å². The number of nitrogens with one attached hydrogen (secondary N) is 3. The maximum absolute atomic E-state index is 11.2. The first-order valence-electron chi connectivity index (χ1n) is 7.99. The predicted octanol–water partition coefficient (Wildman–Crippen LogP) is 2.91. The summed E-state index contributed by atoms with van der Waals surface area (Å²) in [5.74, 6) is 0.734. The average Bonchev–Trinajstić information content (AvgIpc) is 3.02. The maximum atomic E-state index is 11.2. The third-order valence-electron chi connectivity index (χ3n) is 4.41. The first-order valence-corrected chi connectivity index (χ1v) is 8.37. The number of hydrogen-bond donors (Lipinski definition) is 3. The minimum Gasteiger partial charge on any atom is -0.493 e. The van der Waals surface area contributed by atoms with Crippen molar-refractivity contribution in [3.63, 3.8) is 0 Å². The summed E-state index contributed by atoms with van der Waals surface area (Å²) in [5.41, 5.74) is 1.37. The Morgan fingerprint density at radius 1 is 1.40 bits per heavy atom. The van der Waals surface area contributed by atoms with Gasteiger partial charge in [0.25, 0.3) is 0 Å². The van der Waals surface area contributed by atoms with Gasteiger partial charge >= 0.3 is 5.76 Å². The van der Waals surface area contributed by atoms with Crippen LogP contribution in [-0.2, 0) is 0 Å². The zero-order valence-corrected chi connectivity index (χ0v) is 15.7. The Morgan fingerprint density at radius 2 is 2.12 bits per heavy atom. The number of hydrogen-bond acceptors (Lipinski definition) is 6. The van der Waals surface area contributed by atoms with E-state index in [9.17, 15) is 4.79 Å². The van der Waals surface area contributed by atoms with Crippen LogP contribution in [0.25, 0.3) is 11.5 Å². The summed E-state index contributed by atoms with van der Waals surface area (Å²) >= 11 is 6.33. The molecule has 0 radical (unpaired) electrons. The Kier molecular flexibility index (Phi) is 6.75. The molecule has 0 spiro atoms. The normalized spacial score (nSPS) is 16.1. The van der Waals surface area contributed by atoms with Gasteiger partial charge in [0.05, 0.1) is 17.8 Å². The smallest absolute Gasteiger partial charge is 0.434 e. The molecule has 1 aliphatic rings. The fourth-order valence-corrected chi connectivity index (χ4v) is 3.39. The van der Waals surface area contributed by atoms with Crippen LogP contribution in [-0.4, -0.2) is 36.4 Å². The van der Waals surface area contributed by atoms with Crippen molar-refractivity contribution in [2.45, 2.75) is 25.8 Å². The molecule has 1 aliphatic heterocycles. The number of aromatic amines is 1. The van der Waals surface area contributed by atoms with Crippen LogP contribution in [0.3, 0.4) is 0 Å². The molecule has 1 atom stereocenters. The first kappa shape index (κ1) is 19.6. The third kappa shape index (κ3) is 4.48. The summed E-state index contributed by atoms with van der Waals surface area (Å²) in [6.07, 6.45) is 2.25. The van der Waals surface area contributed by atoms with Gasteiger partial charge in [-0.1, -0.05) is 11.6 Å². The molecule has 3 N–H and O–H groups in total. The highest BCUT2D eigenvalue weighted by molar-refractivity contribution is 6.32. The second-order valence-corrected chi connectivity index (χ2v) is 6.38. The Balaban J connectivity index is 0.00000225. The zero-order valence-electron chi connectivity index (χ0n) is 14.1. The number of benzene rings is 1. The van der Waals surface area contributed by atoms with Crippen LogP contribution < -0.4 is 21.1 Å². The number of halogens is 2. The summed E-state index contributed by atoms with van der Waals surface area (Å²) < 4.78 is 10.4. The van der Waals surface area contributed by atoms with Gasteiger partial charge in [0, 0.05) is 11.6 Å². The third-order valence-corrected chi connectivity index (χ3v) is 4.69. The second kappa shape index (κ2) is 8.60. The van der Waals surface area contributed by atoms with E-state index in [1.165, 1.54) is 0 Å². The van der Waals surface area contributed by atoms with Crippen LogP contribution in [0.1, 0.15) is 19.8 Å². The standard InChI is InChI=1S/C16H21ClN4O3.ClH/c1-9(10-3-5-18-6-4-10)19-13-8-11(7-12(17)14(13)23-2)15-20-21-16(22)24-15;/h7-10,18-19H,3-6H2,1-2H3,(H,21,22);1H/t9-;/m0./s1. The molecule has 3 rings (SSSR count). The molecular formula is C16H22Cl2N4O3. The van der Waals surface area contributed by atoms with Crippen LogP contribution in [0.2, 0.25) is 5.02 Å². The summed E-state index contributed by atoms with van der Waals surface area (Å²) in [7, 11) is 1.58. The molecule has 0 amide bonds. The van der Waals surface area contributed by atoms with Crippen LogP contribution in [0.5, 0.6) is 5.75 Å². The number of ether oxygens (including phenoxy) is 1. The van der Waals surface area contributed by atoms with Gasteiger partial charge in [-0.2, -0.15) is 0 Å². The highest BCUT2D eigenvalue weighted by Gasteiger charge is 2.22. The Morgan fingerprint density at radius 3 is 2.72 bits per heavy atom.